The second-order valence-electron chi connectivity index (χ2n) is 7.50. The molecule has 1 aromatic heterocycles. The van der Waals surface area contributed by atoms with Crippen LogP contribution in [0.2, 0.25) is 0 Å². The van der Waals surface area contributed by atoms with Crippen molar-refractivity contribution in [3.05, 3.63) is 35.3 Å². The summed E-state index contributed by atoms with van der Waals surface area (Å²) in [6.07, 6.45) is 4.24. The van der Waals surface area contributed by atoms with Crippen LogP contribution in [0.1, 0.15) is 37.8 Å². The molecule has 2 aromatic rings. The molecule has 2 saturated carbocycles. The molecule has 0 spiro atoms. The number of aromatic nitrogens is 1. The Balaban J connectivity index is 1.29. The predicted molar refractivity (Wildman–Crippen MR) is 107 cm³/mol. The number of Topliss-reactive ketones (excluding diaryl/α,β-unsaturated/α-hetero) is 1. The Morgan fingerprint density at radius 3 is 2.61 bits per heavy atom. The second-order valence-corrected chi connectivity index (χ2v) is 8.36. The number of fused-ring (bicyclic) bond motifs is 2. The molecule has 28 heavy (non-hydrogen) atoms. The number of methoxy groups -OCH3 is 1. The first-order valence-corrected chi connectivity index (χ1v) is 10.6. The molecule has 1 N–H and O–H groups in total. The van der Waals surface area contributed by atoms with Crippen LogP contribution in [0.15, 0.2) is 29.6 Å². The molecule has 1 aromatic carbocycles. The molecule has 2 aliphatic rings. The van der Waals surface area contributed by atoms with E-state index in [2.05, 4.69) is 10.3 Å². The minimum Gasteiger partial charge on any atom is -0.497 e. The normalized spacial score (nSPS) is 23.9. The van der Waals surface area contributed by atoms with E-state index in [1.54, 1.807) is 7.11 Å². The number of ketones is 1. The fourth-order valence-corrected chi connectivity index (χ4v) is 4.88. The van der Waals surface area contributed by atoms with E-state index < -0.39 is 0 Å². The summed E-state index contributed by atoms with van der Waals surface area (Å²) in [5.41, 5.74) is 1.64. The molecule has 0 amide bonds. The molecule has 6 nitrogen and oxygen atoms in total. The lowest BCUT2D eigenvalue weighted by Gasteiger charge is -2.36. The van der Waals surface area contributed by atoms with E-state index in [1.807, 2.05) is 29.6 Å². The lowest BCUT2D eigenvalue weighted by Crippen LogP contribution is -2.39. The molecule has 2 unspecified atom stereocenters. The monoisotopic (exact) mass is 400 g/mol. The molecule has 2 bridgehead atoms. The SMILES string of the molecule is COc1ccc(Nc2nc(COC(=O)C3CC4CCCC(C3)C4=O)cs2)cc1. The number of ether oxygens (including phenoxy) is 2. The first kappa shape index (κ1) is 18.9. The number of nitrogens with zero attached hydrogens (tertiary/aromatic N) is 1. The van der Waals surface area contributed by atoms with Crippen LogP contribution in [0.3, 0.4) is 0 Å². The average Bonchev–Trinajstić information content (AvgIpc) is 3.14. The molecule has 2 aliphatic carbocycles. The van der Waals surface area contributed by atoms with Crippen LogP contribution in [0.4, 0.5) is 10.8 Å². The maximum atomic E-state index is 12.5. The molecule has 1 heterocycles. The summed E-state index contributed by atoms with van der Waals surface area (Å²) >= 11 is 1.47. The van der Waals surface area contributed by atoms with Crippen molar-refractivity contribution in [3.8, 4) is 5.75 Å². The van der Waals surface area contributed by atoms with Crippen molar-refractivity contribution in [1.82, 2.24) is 4.98 Å². The maximum absolute atomic E-state index is 12.5. The number of thiazole rings is 1. The van der Waals surface area contributed by atoms with Crippen LogP contribution in [0.5, 0.6) is 5.75 Å². The maximum Gasteiger partial charge on any atom is 0.309 e. The number of carbonyl (C=O) groups excluding carboxylic acids is 2. The standard InChI is InChI=1S/C21H24N2O4S/c1-26-18-7-5-16(6-8-18)22-21-23-17(12-28-21)11-27-20(25)15-9-13-3-2-4-14(10-15)19(13)24/h5-8,12-15H,2-4,9-11H2,1H3,(H,22,23). The van der Waals surface area contributed by atoms with Crippen LogP contribution >= 0.6 is 11.3 Å². The number of hydrogen-bond donors (Lipinski definition) is 1. The van der Waals surface area contributed by atoms with Crippen molar-refractivity contribution in [2.75, 3.05) is 12.4 Å². The molecule has 0 saturated heterocycles. The number of carbonyl (C=O) groups is 2. The van der Waals surface area contributed by atoms with Crippen LogP contribution in [0, 0.1) is 17.8 Å². The summed E-state index contributed by atoms with van der Waals surface area (Å²) in [4.78, 5) is 29.1. The van der Waals surface area contributed by atoms with Gasteiger partial charge in [0.05, 0.1) is 18.7 Å². The summed E-state index contributed by atoms with van der Waals surface area (Å²) in [5.74, 6) is 0.940. The van der Waals surface area contributed by atoms with E-state index in [0.29, 0.717) is 18.6 Å². The van der Waals surface area contributed by atoms with Crippen molar-refractivity contribution in [2.24, 2.45) is 17.8 Å². The minimum atomic E-state index is -0.193. The fourth-order valence-electron chi connectivity index (χ4n) is 4.16. The minimum absolute atomic E-state index is 0.0598. The highest BCUT2D eigenvalue weighted by Gasteiger charge is 2.41. The summed E-state index contributed by atoms with van der Waals surface area (Å²) in [6, 6.07) is 7.59. The third-order valence-electron chi connectivity index (χ3n) is 5.64. The lowest BCUT2D eigenvalue weighted by atomic mass is 9.67. The Hall–Kier alpha value is -2.41. The smallest absolute Gasteiger partial charge is 0.309 e. The van der Waals surface area contributed by atoms with Crippen molar-refractivity contribution in [3.63, 3.8) is 0 Å². The van der Waals surface area contributed by atoms with Gasteiger partial charge in [-0.1, -0.05) is 6.42 Å². The first-order chi connectivity index (χ1) is 13.6. The second kappa shape index (κ2) is 8.31. The van der Waals surface area contributed by atoms with Gasteiger partial charge in [-0.3, -0.25) is 9.59 Å². The summed E-state index contributed by atoms with van der Waals surface area (Å²) < 4.78 is 10.7. The number of hydrogen-bond acceptors (Lipinski definition) is 7. The summed E-state index contributed by atoms with van der Waals surface area (Å²) in [6.45, 7) is 0.166. The van der Waals surface area contributed by atoms with E-state index in [0.717, 1.165) is 41.5 Å². The third-order valence-corrected chi connectivity index (χ3v) is 6.44. The summed E-state index contributed by atoms with van der Waals surface area (Å²) in [5, 5.41) is 5.86. The van der Waals surface area contributed by atoms with E-state index in [4.69, 9.17) is 9.47 Å². The summed E-state index contributed by atoms with van der Waals surface area (Å²) in [7, 11) is 1.63. The molecule has 2 fully saturated rings. The van der Waals surface area contributed by atoms with Crippen molar-refractivity contribution >= 4 is 33.9 Å². The predicted octanol–water partition coefficient (Wildman–Crippen LogP) is 4.33. The largest absolute Gasteiger partial charge is 0.497 e. The zero-order valence-corrected chi connectivity index (χ0v) is 16.7. The Bertz CT molecular complexity index is 832. The van der Waals surface area contributed by atoms with E-state index in [9.17, 15) is 9.59 Å². The van der Waals surface area contributed by atoms with Crippen molar-refractivity contribution in [1.29, 1.82) is 0 Å². The van der Waals surface area contributed by atoms with Gasteiger partial charge in [0, 0.05) is 22.9 Å². The quantitative estimate of drug-likeness (QED) is 0.727. The van der Waals surface area contributed by atoms with Crippen LogP contribution in [-0.2, 0) is 20.9 Å². The van der Waals surface area contributed by atoms with Crippen LogP contribution in [-0.4, -0.2) is 23.8 Å². The third kappa shape index (κ3) is 4.19. The van der Waals surface area contributed by atoms with Crippen LogP contribution in [0.25, 0.3) is 0 Å². The molecular formula is C21H24N2O4S. The lowest BCUT2D eigenvalue weighted by molar-refractivity contribution is -0.154. The van der Waals surface area contributed by atoms with Crippen molar-refractivity contribution in [2.45, 2.75) is 38.7 Å². The average molecular weight is 401 g/mol. The number of anilines is 2. The van der Waals surface area contributed by atoms with E-state index in [-0.39, 0.29) is 30.3 Å². The van der Waals surface area contributed by atoms with Gasteiger partial charge >= 0.3 is 5.97 Å². The van der Waals surface area contributed by atoms with Gasteiger partial charge in [-0.05, 0) is 49.9 Å². The van der Waals surface area contributed by atoms with E-state index in [1.165, 1.54) is 11.3 Å². The Labute approximate surface area is 168 Å². The first-order valence-electron chi connectivity index (χ1n) is 9.68. The van der Waals surface area contributed by atoms with Gasteiger partial charge in [-0.25, -0.2) is 4.98 Å². The molecule has 0 aliphatic heterocycles. The van der Waals surface area contributed by atoms with Gasteiger partial charge in [0.2, 0.25) is 0 Å². The van der Waals surface area contributed by atoms with E-state index >= 15 is 0 Å². The van der Waals surface area contributed by atoms with Crippen molar-refractivity contribution < 1.29 is 19.1 Å². The van der Waals surface area contributed by atoms with Gasteiger partial charge in [0.15, 0.2) is 5.13 Å². The van der Waals surface area contributed by atoms with Gasteiger partial charge < -0.3 is 14.8 Å². The zero-order chi connectivity index (χ0) is 19.5. The Morgan fingerprint density at radius 2 is 1.93 bits per heavy atom. The van der Waals surface area contributed by atoms with Gasteiger partial charge in [0.1, 0.15) is 18.1 Å². The Kier molecular flexibility index (Phi) is 5.62. The van der Waals surface area contributed by atoms with Gasteiger partial charge in [-0.15, -0.1) is 11.3 Å². The molecular weight excluding hydrogens is 376 g/mol. The number of nitrogens with one attached hydrogen (secondary N) is 1. The number of esters is 1. The molecule has 7 heteroatoms. The highest BCUT2D eigenvalue weighted by molar-refractivity contribution is 7.13. The topological polar surface area (TPSA) is 77.5 Å². The highest BCUT2D eigenvalue weighted by Crippen LogP contribution is 2.40. The molecule has 0 radical (unpaired) electrons. The van der Waals surface area contributed by atoms with Gasteiger partial charge in [-0.2, -0.15) is 0 Å². The Morgan fingerprint density at radius 1 is 1.21 bits per heavy atom. The molecule has 2 atom stereocenters. The molecule has 4 rings (SSSR count). The van der Waals surface area contributed by atoms with Gasteiger partial charge in [0.25, 0.3) is 0 Å². The molecule has 148 valence electrons. The zero-order valence-electron chi connectivity index (χ0n) is 15.8. The van der Waals surface area contributed by atoms with Crippen LogP contribution < -0.4 is 10.1 Å². The fraction of sp³-hybridized carbons (Fsp3) is 0.476. The number of benzene rings is 1. The number of rotatable bonds is 6. The highest BCUT2D eigenvalue weighted by atomic mass is 32.1.